The smallest absolute Gasteiger partial charge is 0.329 e. The van der Waals surface area contributed by atoms with Crippen LogP contribution in [0.5, 0.6) is 0 Å². The summed E-state index contributed by atoms with van der Waals surface area (Å²) in [5, 5.41) is 23.9. The molecule has 0 saturated carbocycles. The molecular formula is C12H15N3O6. The van der Waals surface area contributed by atoms with Crippen LogP contribution < -0.4 is 10.6 Å². The molecule has 9 nitrogen and oxygen atoms in total. The van der Waals surface area contributed by atoms with Crippen LogP contribution >= 0.6 is 0 Å². The molecule has 0 aliphatic rings. The van der Waals surface area contributed by atoms with Crippen LogP contribution in [-0.4, -0.2) is 41.8 Å². The lowest BCUT2D eigenvalue weighted by molar-refractivity contribution is -0.384. The highest BCUT2D eigenvalue weighted by Gasteiger charge is 2.06. The first-order valence-corrected chi connectivity index (χ1v) is 6.03. The monoisotopic (exact) mass is 297 g/mol. The van der Waals surface area contributed by atoms with Gasteiger partial charge in [0.1, 0.15) is 6.61 Å². The second kappa shape index (κ2) is 8.48. The first-order valence-electron chi connectivity index (χ1n) is 6.03. The number of carbonyl (C=O) groups is 2. The number of ether oxygens (including phenoxy) is 1. The van der Waals surface area contributed by atoms with E-state index in [1.165, 1.54) is 18.2 Å². The van der Waals surface area contributed by atoms with Crippen molar-refractivity contribution in [2.24, 2.45) is 0 Å². The van der Waals surface area contributed by atoms with Crippen LogP contribution in [-0.2, 0) is 16.1 Å². The lowest BCUT2D eigenvalue weighted by atomic mass is 10.2. The highest BCUT2D eigenvalue weighted by Crippen LogP contribution is 2.12. The Morgan fingerprint density at radius 1 is 1.33 bits per heavy atom. The molecule has 0 aliphatic heterocycles. The minimum Gasteiger partial charge on any atom is -0.480 e. The van der Waals surface area contributed by atoms with Gasteiger partial charge in [-0.25, -0.2) is 9.59 Å². The van der Waals surface area contributed by atoms with Crippen LogP contribution in [0.1, 0.15) is 5.56 Å². The zero-order chi connectivity index (χ0) is 15.7. The Hall–Kier alpha value is -2.68. The third kappa shape index (κ3) is 6.87. The molecule has 0 aliphatic carbocycles. The van der Waals surface area contributed by atoms with Crippen LogP contribution in [0.2, 0.25) is 0 Å². The van der Waals surface area contributed by atoms with Gasteiger partial charge in [0.25, 0.3) is 5.69 Å². The molecule has 2 amide bonds. The van der Waals surface area contributed by atoms with E-state index >= 15 is 0 Å². The number of urea groups is 1. The number of nitrogens with one attached hydrogen (secondary N) is 2. The van der Waals surface area contributed by atoms with Gasteiger partial charge in [-0.2, -0.15) is 0 Å². The fourth-order valence-corrected chi connectivity index (χ4v) is 1.42. The predicted octanol–water partition coefficient (Wildman–Crippen LogP) is 0.495. The molecule has 0 bridgehead atoms. The number of carboxylic acid groups (broad SMARTS) is 1. The number of benzene rings is 1. The van der Waals surface area contributed by atoms with Gasteiger partial charge < -0.3 is 20.5 Å². The first kappa shape index (κ1) is 16.4. The van der Waals surface area contributed by atoms with Crippen molar-refractivity contribution in [2.75, 3.05) is 19.8 Å². The molecule has 3 N–H and O–H groups in total. The van der Waals surface area contributed by atoms with Gasteiger partial charge in [-0.05, 0) is 5.56 Å². The second-order valence-electron chi connectivity index (χ2n) is 3.98. The molecule has 1 aromatic carbocycles. The van der Waals surface area contributed by atoms with E-state index in [1.807, 2.05) is 0 Å². The molecule has 21 heavy (non-hydrogen) atoms. The number of carbonyl (C=O) groups excluding carboxylic acids is 1. The van der Waals surface area contributed by atoms with Gasteiger partial charge in [0.15, 0.2) is 0 Å². The van der Waals surface area contributed by atoms with Crippen molar-refractivity contribution in [2.45, 2.75) is 6.54 Å². The van der Waals surface area contributed by atoms with Gasteiger partial charge in [0.05, 0.1) is 11.5 Å². The molecule has 0 fully saturated rings. The van der Waals surface area contributed by atoms with Gasteiger partial charge in [0.2, 0.25) is 0 Å². The summed E-state index contributed by atoms with van der Waals surface area (Å²) in [5.41, 5.74) is 0.554. The van der Waals surface area contributed by atoms with E-state index in [1.54, 1.807) is 6.07 Å². The Balaban J connectivity index is 2.25. The maximum Gasteiger partial charge on any atom is 0.329 e. The van der Waals surface area contributed by atoms with Crippen LogP contribution in [0.25, 0.3) is 0 Å². The van der Waals surface area contributed by atoms with E-state index in [0.717, 1.165) is 0 Å². The maximum atomic E-state index is 11.4. The number of nitro benzene ring substituents is 1. The second-order valence-corrected chi connectivity index (χ2v) is 3.98. The summed E-state index contributed by atoms with van der Waals surface area (Å²) >= 11 is 0. The van der Waals surface area contributed by atoms with E-state index in [0.29, 0.717) is 5.56 Å². The minimum atomic E-state index is -1.08. The summed E-state index contributed by atoms with van der Waals surface area (Å²) in [6.45, 7) is -0.0366. The number of amides is 2. The summed E-state index contributed by atoms with van der Waals surface area (Å²) in [6.07, 6.45) is 0. The van der Waals surface area contributed by atoms with Crippen molar-refractivity contribution < 1.29 is 24.4 Å². The number of rotatable bonds is 8. The standard InChI is InChI=1S/C12H15N3O6/c16-11(17)8-21-5-4-13-12(18)14-7-9-2-1-3-10(6-9)15(19)20/h1-3,6H,4-5,7-8H2,(H,16,17)(H2,13,14,18). The third-order valence-electron chi connectivity index (χ3n) is 2.33. The van der Waals surface area contributed by atoms with E-state index in [9.17, 15) is 19.7 Å². The number of hydrogen-bond acceptors (Lipinski definition) is 5. The fourth-order valence-electron chi connectivity index (χ4n) is 1.42. The molecule has 0 heterocycles. The Morgan fingerprint density at radius 2 is 2.10 bits per heavy atom. The van der Waals surface area contributed by atoms with Crippen LogP contribution in [0.3, 0.4) is 0 Å². The van der Waals surface area contributed by atoms with Crippen molar-refractivity contribution in [1.29, 1.82) is 0 Å². The molecule has 0 saturated heterocycles. The number of non-ortho nitro benzene ring substituents is 1. The highest BCUT2D eigenvalue weighted by atomic mass is 16.6. The van der Waals surface area contributed by atoms with Crippen LogP contribution in [0, 0.1) is 10.1 Å². The topological polar surface area (TPSA) is 131 Å². The summed E-state index contributed by atoms with van der Waals surface area (Å²) < 4.78 is 4.73. The van der Waals surface area contributed by atoms with E-state index < -0.39 is 23.5 Å². The zero-order valence-corrected chi connectivity index (χ0v) is 11.1. The number of carboxylic acids is 1. The lowest BCUT2D eigenvalue weighted by Crippen LogP contribution is -2.37. The van der Waals surface area contributed by atoms with Gasteiger partial charge >= 0.3 is 12.0 Å². The first-order chi connectivity index (χ1) is 9.99. The fraction of sp³-hybridized carbons (Fsp3) is 0.333. The van der Waals surface area contributed by atoms with Crippen LogP contribution in [0.15, 0.2) is 24.3 Å². The van der Waals surface area contributed by atoms with E-state index in [4.69, 9.17) is 9.84 Å². The van der Waals surface area contributed by atoms with Crippen molar-refractivity contribution >= 4 is 17.7 Å². The Morgan fingerprint density at radius 3 is 2.76 bits per heavy atom. The molecular weight excluding hydrogens is 282 g/mol. The predicted molar refractivity (Wildman–Crippen MR) is 71.8 cm³/mol. The van der Waals surface area contributed by atoms with Gasteiger partial charge in [-0.15, -0.1) is 0 Å². The average molecular weight is 297 g/mol. The number of aliphatic carboxylic acids is 1. The summed E-state index contributed by atoms with van der Waals surface area (Å²) in [4.78, 5) is 31.6. The molecule has 1 aromatic rings. The minimum absolute atomic E-state index is 0.0446. The average Bonchev–Trinajstić information content (AvgIpc) is 2.44. The Labute approximate surface area is 120 Å². The summed E-state index contributed by atoms with van der Waals surface area (Å²) in [5.74, 6) is -1.08. The lowest BCUT2D eigenvalue weighted by Gasteiger charge is -2.07. The largest absolute Gasteiger partial charge is 0.480 e. The number of nitrogens with zero attached hydrogens (tertiary/aromatic N) is 1. The molecule has 9 heteroatoms. The molecule has 0 atom stereocenters. The van der Waals surface area contributed by atoms with Crippen molar-refractivity contribution in [3.05, 3.63) is 39.9 Å². The quantitative estimate of drug-likeness (QED) is 0.363. The molecule has 0 aromatic heterocycles. The van der Waals surface area contributed by atoms with Gasteiger partial charge in [0, 0.05) is 25.2 Å². The SMILES string of the molecule is O=C(O)COCCNC(=O)NCc1cccc([N+](=O)[O-])c1. The Kier molecular flexibility index (Phi) is 6.61. The van der Waals surface area contributed by atoms with E-state index in [2.05, 4.69) is 10.6 Å². The normalized spacial score (nSPS) is 9.90. The molecule has 1 rings (SSSR count). The summed E-state index contributed by atoms with van der Waals surface area (Å²) in [7, 11) is 0. The van der Waals surface area contributed by atoms with E-state index in [-0.39, 0.29) is 25.4 Å². The number of hydrogen-bond donors (Lipinski definition) is 3. The maximum absolute atomic E-state index is 11.4. The highest BCUT2D eigenvalue weighted by molar-refractivity contribution is 5.73. The van der Waals surface area contributed by atoms with Crippen molar-refractivity contribution in [3.63, 3.8) is 0 Å². The Bertz CT molecular complexity index is 519. The van der Waals surface area contributed by atoms with Gasteiger partial charge in [-0.3, -0.25) is 10.1 Å². The van der Waals surface area contributed by atoms with Gasteiger partial charge in [-0.1, -0.05) is 12.1 Å². The molecule has 0 spiro atoms. The molecule has 114 valence electrons. The molecule has 0 unspecified atom stereocenters. The summed E-state index contributed by atoms with van der Waals surface area (Å²) in [6, 6.07) is 5.45. The van der Waals surface area contributed by atoms with Crippen molar-refractivity contribution in [3.8, 4) is 0 Å². The number of nitro groups is 1. The zero-order valence-electron chi connectivity index (χ0n) is 11.1. The van der Waals surface area contributed by atoms with Crippen LogP contribution in [0.4, 0.5) is 10.5 Å². The molecule has 0 radical (unpaired) electrons. The van der Waals surface area contributed by atoms with Crippen molar-refractivity contribution in [1.82, 2.24) is 10.6 Å². The third-order valence-corrected chi connectivity index (χ3v) is 2.33.